The second kappa shape index (κ2) is 7.85. The molecular weight excluding hydrogens is 261 g/mol. The van der Waals surface area contributed by atoms with Gasteiger partial charge < -0.3 is 14.8 Å². The molecule has 0 aliphatic rings. The summed E-state index contributed by atoms with van der Waals surface area (Å²) < 4.78 is 24.2. The molecule has 0 saturated carbocycles. The van der Waals surface area contributed by atoms with Crippen LogP contribution in [0.4, 0.5) is 4.39 Å². The lowest BCUT2D eigenvalue weighted by atomic mass is 10.1. The molecule has 0 aliphatic heterocycles. The first kappa shape index (κ1) is 16.4. The average molecular weight is 283 g/mol. The van der Waals surface area contributed by atoms with Gasteiger partial charge in [0, 0.05) is 17.7 Å². The minimum absolute atomic E-state index is 0.0727. The number of halogens is 1. The van der Waals surface area contributed by atoms with E-state index in [1.165, 1.54) is 6.07 Å². The summed E-state index contributed by atoms with van der Waals surface area (Å²) in [5.74, 6) is -0.500. The van der Waals surface area contributed by atoms with Crippen molar-refractivity contribution >= 4 is 5.97 Å². The predicted octanol–water partition coefficient (Wildman–Crippen LogP) is 2.83. The monoisotopic (exact) mass is 283 g/mol. The van der Waals surface area contributed by atoms with Crippen molar-refractivity contribution in [3.8, 4) is 5.75 Å². The second-order valence-electron chi connectivity index (χ2n) is 4.47. The van der Waals surface area contributed by atoms with Crippen LogP contribution < -0.4 is 10.1 Å². The first-order valence-corrected chi connectivity index (χ1v) is 6.85. The normalized spacial score (nSPS) is 13.7. The number of nitrogens with one attached hydrogen (secondary N) is 1. The Morgan fingerprint density at radius 3 is 2.60 bits per heavy atom. The Balaban J connectivity index is 2.74. The van der Waals surface area contributed by atoms with Crippen molar-refractivity contribution in [1.29, 1.82) is 0 Å². The molecule has 0 amide bonds. The highest BCUT2D eigenvalue weighted by molar-refractivity contribution is 5.74. The summed E-state index contributed by atoms with van der Waals surface area (Å²) in [5, 5.41) is 3.14. The third-order valence-corrected chi connectivity index (χ3v) is 2.88. The van der Waals surface area contributed by atoms with Crippen LogP contribution >= 0.6 is 0 Å². The van der Waals surface area contributed by atoms with Crippen molar-refractivity contribution in [2.75, 3.05) is 13.2 Å². The quantitative estimate of drug-likeness (QED) is 0.782. The Morgan fingerprint density at radius 1 is 1.35 bits per heavy atom. The van der Waals surface area contributed by atoms with E-state index in [1.54, 1.807) is 26.0 Å². The van der Waals surface area contributed by atoms with Gasteiger partial charge in [-0.25, -0.2) is 9.18 Å². The maximum Gasteiger partial charge on any atom is 0.347 e. The molecule has 112 valence electrons. The molecule has 0 aliphatic carbocycles. The van der Waals surface area contributed by atoms with Gasteiger partial charge in [-0.3, -0.25) is 0 Å². The third kappa shape index (κ3) is 4.49. The first-order valence-electron chi connectivity index (χ1n) is 6.85. The molecule has 2 atom stereocenters. The zero-order chi connectivity index (χ0) is 15.1. The van der Waals surface area contributed by atoms with E-state index < -0.39 is 12.1 Å². The van der Waals surface area contributed by atoms with Gasteiger partial charge in [0.2, 0.25) is 0 Å². The highest BCUT2D eigenvalue weighted by Gasteiger charge is 2.17. The van der Waals surface area contributed by atoms with Gasteiger partial charge in [-0.05, 0) is 33.4 Å². The van der Waals surface area contributed by atoms with Gasteiger partial charge in [-0.2, -0.15) is 0 Å². The van der Waals surface area contributed by atoms with E-state index in [1.807, 2.05) is 13.8 Å². The molecule has 1 aromatic carbocycles. The number of hydrogen-bond donors (Lipinski definition) is 1. The van der Waals surface area contributed by atoms with Gasteiger partial charge in [-0.15, -0.1) is 0 Å². The highest BCUT2D eigenvalue weighted by Crippen LogP contribution is 2.22. The molecule has 0 fully saturated rings. The fourth-order valence-electron chi connectivity index (χ4n) is 1.86. The Hall–Kier alpha value is -1.62. The van der Waals surface area contributed by atoms with Crippen LogP contribution in [0.2, 0.25) is 0 Å². The van der Waals surface area contributed by atoms with Crippen LogP contribution in [0.3, 0.4) is 0 Å². The number of hydrogen-bond acceptors (Lipinski definition) is 4. The van der Waals surface area contributed by atoms with Gasteiger partial charge in [0.25, 0.3) is 0 Å². The number of carbonyl (C=O) groups is 1. The van der Waals surface area contributed by atoms with Gasteiger partial charge in [0.1, 0.15) is 11.6 Å². The maximum absolute atomic E-state index is 14.0. The Kier molecular flexibility index (Phi) is 6.45. The molecule has 0 saturated heterocycles. The molecule has 0 spiro atoms. The number of carbonyl (C=O) groups excluding carboxylic acids is 1. The molecule has 1 N–H and O–H groups in total. The summed E-state index contributed by atoms with van der Waals surface area (Å²) in [5.41, 5.74) is 0.572. The van der Waals surface area contributed by atoms with E-state index >= 15 is 0 Å². The Labute approximate surface area is 119 Å². The van der Waals surface area contributed by atoms with Crippen molar-refractivity contribution in [3.63, 3.8) is 0 Å². The van der Waals surface area contributed by atoms with Crippen molar-refractivity contribution in [2.24, 2.45) is 0 Å². The average Bonchev–Trinajstić information content (AvgIpc) is 2.39. The van der Waals surface area contributed by atoms with Gasteiger partial charge in [0.15, 0.2) is 6.10 Å². The molecule has 2 unspecified atom stereocenters. The SMILES string of the molecule is CCNC(C)c1ccc(OC(C)C(=O)OCC)cc1F. The summed E-state index contributed by atoms with van der Waals surface area (Å²) in [7, 11) is 0. The molecule has 1 aromatic rings. The van der Waals surface area contributed by atoms with Gasteiger partial charge in [0.05, 0.1) is 6.61 Å². The highest BCUT2D eigenvalue weighted by atomic mass is 19.1. The number of benzene rings is 1. The van der Waals surface area contributed by atoms with Crippen LogP contribution in [0, 0.1) is 5.82 Å². The lowest BCUT2D eigenvalue weighted by Gasteiger charge is -2.16. The number of esters is 1. The van der Waals surface area contributed by atoms with Gasteiger partial charge >= 0.3 is 5.97 Å². The summed E-state index contributed by atoms with van der Waals surface area (Å²) in [6.45, 7) is 8.21. The van der Waals surface area contributed by atoms with Crippen LogP contribution in [-0.2, 0) is 9.53 Å². The van der Waals surface area contributed by atoms with Crippen LogP contribution in [0.25, 0.3) is 0 Å². The summed E-state index contributed by atoms with van der Waals surface area (Å²) in [6.07, 6.45) is -0.758. The van der Waals surface area contributed by atoms with Crippen LogP contribution in [-0.4, -0.2) is 25.2 Å². The van der Waals surface area contributed by atoms with Crippen LogP contribution in [0.1, 0.15) is 39.3 Å². The molecule has 0 bridgehead atoms. The largest absolute Gasteiger partial charge is 0.479 e. The summed E-state index contributed by atoms with van der Waals surface area (Å²) in [4.78, 5) is 11.4. The molecule has 0 radical (unpaired) electrons. The molecule has 0 heterocycles. The van der Waals surface area contributed by atoms with Crippen molar-refractivity contribution < 1.29 is 18.7 Å². The van der Waals surface area contributed by atoms with Crippen LogP contribution in [0.5, 0.6) is 5.75 Å². The molecule has 1 rings (SSSR count). The smallest absolute Gasteiger partial charge is 0.347 e. The number of ether oxygens (including phenoxy) is 2. The standard InChI is InChI=1S/C15H22FNO3/c1-5-17-10(3)13-8-7-12(9-14(13)16)20-11(4)15(18)19-6-2/h7-11,17H,5-6H2,1-4H3. The summed E-state index contributed by atoms with van der Waals surface area (Å²) in [6, 6.07) is 4.54. The fourth-order valence-corrected chi connectivity index (χ4v) is 1.86. The lowest BCUT2D eigenvalue weighted by Crippen LogP contribution is -2.26. The zero-order valence-corrected chi connectivity index (χ0v) is 12.4. The lowest BCUT2D eigenvalue weighted by molar-refractivity contribution is -0.150. The molecule has 20 heavy (non-hydrogen) atoms. The topological polar surface area (TPSA) is 47.6 Å². The maximum atomic E-state index is 14.0. The van der Waals surface area contributed by atoms with Crippen molar-refractivity contribution in [3.05, 3.63) is 29.6 Å². The van der Waals surface area contributed by atoms with E-state index in [-0.39, 0.29) is 11.9 Å². The van der Waals surface area contributed by atoms with E-state index in [2.05, 4.69) is 5.32 Å². The van der Waals surface area contributed by atoms with E-state index in [0.717, 1.165) is 6.54 Å². The van der Waals surface area contributed by atoms with E-state index in [4.69, 9.17) is 9.47 Å². The molecule has 0 aromatic heterocycles. The molecule has 5 heteroatoms. The molecular formula is C15H22FNO3. The minimum Gasteiger partial charge on any atom is -0.479 e. The predicted molar refractivity (Wildman–Crippen MR) is 75.2 cm³/mol. The second-order valence-corrected chi connectivity index (χ2v) is 4.47. The van der Waals surface area contributed by atoms with E-state index in [0.29, 0.717) is 17.9 Å². The van der Waals surface area contributed by atoms with E-state index in [9.17, 15) is 9.18 Å². The van der Waals surface area contributed by atoms with Crippen molar-refractivity contribution in [1.82, 2.24) is 5.32 Å². The number of rotatable bonds is 7. The Bertz CT molecular complexity index is 451. The van der Waals surface area contributed by atoms with Crippen molar-refractivity contribution in [2.45, 2.75) is 39.8 Å². The van der Waals surface area contributed by atoms with Crippen LogP contribution in [0.15, 0.2) is 18.2 Å². The molecule has 4 nitrogen and oxygen atoms in total. The van der Waals surface area contributed by atoms with Gasteiger partial charge in [-0.1, -0.05) is 13.0 Å². The third-order valence-electron chi connectivity index (χ3n) is 2.88. The fraction of sp³-hybridized carbons (Fsp3) is 0.533. The minimum atomic E-state index is -0.758. The first-order chi connectivity index (χ1) is 9.49. The summed E-state index contributed by atoms with van der Waals surface area (Å²) >= 11 is 0. The Morgan fingerprint density at radius 2 is 2.05 bits per heavy atom. The zero-order valence-electron chi connectivity index (χ0n) is 12.4.